The molecule has 0 fully saturated rings. The fraction of sp³-hybridized carbons (Fsp3) is 0.350. The summed E-state index contributed by atoms with van der Waals surface area (Å²) < 4.78 is 0. The van der Waals surface area contributed by atoms with Gasteiger partial charge in [0.1, 0.15) is 6.04 Å². The van der Waals surface area contributed by atoms with Crippen LogP contribution < -0.4 is 11.1 Å². The highest BCUT2D eigenvalue weighted by Gasteiger charge is 2.31. The molecule has 1 aromatic rings. The molecule has 0 spiro atoms. The van der Waals surface area contributed by atoms with E-state index in [1.54, 1.807) is 33.2 Å². The first-order valence-corrected chi connectivity index (χ1v) is 8.67. The zero-order valence-electron chi connectivity index (χ0n) is 15.3. The number of allylic oxidation sites excluding steroid dienone is 2. The van der Waals surface area contributed by atoms with E-state index in [0.717, 1.165) is 11.1 Å². The van der Waals surface area contributed by atoms with Crippen molar-refractivity contribution < 1.29 is 14.4 Å². The fourth-order valence-corrected chi connectivity index (χ4v) is 2.99. The number of carbonyl (C=O) groups is 3. The summed E-state index contributed by atoms with van der Waals surface area (Å²) in [6.45, 7) is 3.46. The highest BCUT2D eigenvalue weighted by molar-refractivity contribution is 5.95. The Labute approximate surface area is 153 Å². The average molecular weight is 355 g/mol. The van der Waals surface area contributed by atoms with Gasteiger partial charge in [-0.3, -0.25) is 14.4 Å². The summed E-state index contributed by atoms with van der Waals surface area (Å²) in [4.78, 5) is 38.1. The molecule has 0 aliphatic carbocycles. The second kappa shape index (κ2) is 8.47. The van der Waals surface area contributed by atoms with E-state index in [-0.39, 0.29) is 11.8 Å². The monoisotopic (exact) mass is 355 g/mol. The number of benzene rings is 1. The van der Waals surface area contributed by atoms with Crippen LogP contribution in [0.3, 0.4) is 0 Å². The molecule has 3 amide bonds. The number of nitrogens with zero attached hydrogens (tertiary/aromatic N) is 1. The molecule has 0 bridgehead atoms. The van der Waals surface area contributed by atoms with E-state index >= 15 is 0 Å². The van der Waals surface area contributed by atoms with Crippen LogP contribution in [0.2, 0.25) is 0 Å². The maximum Gasteiger partial charge on any atom is 0.252 e. The third-order valence-electron chi connectivity index (χ3n) is 4.66. The molecular formula is C20H25N3O3. The topological polar surface area (TPSA) is 92.5 Å². The Morgan fingerprint density at radius 3 is 2.50 bits per heavy atom. The molecule has 0 aromatic heterocycles. The lowest BCUT2D eigenvalue weighted by Gasteiger charge is -2.23. The summed E-state index contributed by atoms with van der Waals surface area (Å²) in [5.74, 6) is -2.31. The Kier molecular flexibility index (Phi) is 6.33. The van der Waals surface area contributed by atoms with E-state index in [1.807, 2.05) is 36.4 Å². The van der Waals surface area contributed by atoms with Crippen molar-refractivity contribution >= 4 is 23.3 Å². The predicted molar refractivity (Wildman–Crippen MR) is 100 cm³/mol. The smallest absolute Gasteiger partial charge is 0.252 e. The molecule has 138 valence electrons. The van der Waals surface area contributed by atoms with Gasteiger partial charge in [0.25, 0.3) is 5.91 Å². The first-order chi connectivity index (χ1) is 12.3. The van der Waals surface area contributed by atoms with Crippen molar-refractivity contribution in [2.75, 3.05) is 7.05 Å². The highest BCUT2D eigenvalue weighted by Crippen LogP contribution is 2.21. The second-order valence-corrected chi connectivity index (χ2v) is 6.44. The van der Waals surface area contributed by atoms with Crippen LogP contribution in [0.15, 0.2) is 48.7 Å². The standard InChI is InChI=1S/C20H25N3O3/c1-4-16(18(21)24)13(2)19(25)22-17-12-15(10-11-23(3)20(17)26)14-8-6-5-7-9-14/h5-13,16-17H,4H2,1-3H3,(H2,21,24)(H,22,25)/t13-,16?,17?/m0/s1. The molecule has 0 saturated heterocycles. The molecule has 2 unspecified atom stereocenters. The number of rotatable bonds is 6. The summed E-state index contributed by atoms with van der Waals surface area (Å²) >= 11 is 0. The van der Waals surface area contributed by atoms with Gasteiger partial charge in [0.15, 0.2) is 0 Å². The maximum atomic E-state index is 12.6. The number of hydrogen-bond donors (Lipinski definition) is 2. The average Bonchev–Trinajstić information content (AvgIpc) is 2.76. The lowest BCUT2D eigenvalue weighted by atomic mass is 9.90. The van der Waals surface area contributed by atoms with Crippen molar-refractivity contribution in [1.29, 1.82) is 0 Å². The van der Waals surface area contributed by atoms with E-state index in [1.165, 1.54) is 4.90 Å². The molecule has 26 heavy (non-hydrogen) atoms. The van der Waals surface area contributed by atoms with Gasteiger partial charge in [0.05, 0.1) is 0 Å². The lowest BCUT2D eigenvalue weighted by molar-refractivity contribution is -0.136. The SMILES string of the molecule is CCC(C(N)=O)[C@H](C)C(=O)NC1C=C(c2ccccc2)C=CN(C)C1=O. The van der Waals surface area contributed by atoms with Crippen LogP contribution in [0.1, 0.15) is 25.8 Å². The van der Waals surface area contributed by atoms with Crippen molar-refractivity contribution in [2.24, 2.45) is 17.6 Å². The van der Waals surface area contributed by atoms with E-state index in [4.69, 9.17) is 5.73 Å². The van der Waals surface area contributed by atoms with Crippen LogP contribution in [-0.4, -0.2) is 35.7 Å². The molecule has 0 saturated carbocycles. The Bertz CT molecular complexity index is 740. The zero-order chi connectivity index (χ0) is 19.3. The Morgan fingerprint density at radius 1 is 1.27 bits per heavy atom. The van der Waals surface area contributed by atoms with E-state index < -0.39 is 23.8 Å². The van der Waals surface area contributed by atoms with Crippen LogP contribution in [0.5, 0.6) is 0 Å². The molecule has 3 N–H and O–H groups in total. The number of likely N-dealkylation sites (N-methyl/N-ethyl adjacent to an activating group) is 1. The van der Waals surface area contributed by atoms with Crippen LogP contribution >= 0.6 is 0 Å². The van der Waals surface area contributed by atoms with Gasteiger partial charge in [-0.05, 0) is 29.7 Å². The fourth-order valence-electron chi connectivity index (χ4n) is 2.99. The molecule has 6 nitrogen and oxygen atoms in total. The van der Waals surface area contributed by atoms with Crippen molar-refractivity contribution in [3.63, 3.8) is 0 Å². The molecule has 0 radical (unpaired) electrons. The van der Waals surface area contributed by atoms with Gasteiger partial charge in [-0.2, -0.15) is 0 Å². The first-order valence-electron chi connectivity index (χ1n) is 8.67. The van der Waals surface area contributed by atoms with Crippen molar-refractivity contribution in [2.45, 2.75) is 26.3 Å². The van der Waals surface area contributed by atoms with Crippen LogP contribution in [0, 0.1) is 11.8 Å². The summed E-state index contributed by atoms with van der Waals surface area (Å²) in [5, 5.41) is 2.75. The molecule has 6 heteroatoms. The second-order valence-electron chi connectivity index (χ2n) is 6.44. The van der Waals surface area contributed by atoms with Crippen LogP contribution in [0.25, 0.3) is 5.57 Å². The molecule has 2 rings (SSSR count). The largest absolute Gasteiger partial charge is 0.369 e. The molecule has 1 aliphatic heterocycles. The number of nitrogens with two attached hydrogens (primary N) is 1. The normalized spacial score (nSPS) is 19.3. The minimum absolute atomic E-state index is 0.250. The van der Waals surface area contributed by atoms with Gasteiger partial charge in [-0.1, -0.05) is 44.2 Å². The molecule has 1 aliphatic rings. The number of carbonyl (C=O) groups excluding carboxylic acids is 3. The number of hydrogen-bond acceptors (Lipinski definition) is 3. The molecule has 1 heterocycles. The van der Waals surface area contributed by atoms with Gasteiger partial charge in [0, 0.05) is 25.1 Å². The van der Waals surface area contributed by atoms with Crippen molar-refractivity contribution in [3.8, 4) is 0 Å². The number of primary amides is 1. The van der Waals surface area contributed by atoms with Gasteiger partial charge in [0.2, 0.25) is 11.8 Å². The molecule has 3 atom stereocenters. The Balaban J connectivity index is 2.26. The number of amides is 3. The van der Waals surface area contributed by atoms with E-state index in [9.17, 15) is 14.4 Å². The molecular weight excluding hydrogens is 330 g/mol. The predicted octanol–water partition coefficient (Wildman–Crippen LogP) is 1.69. The zero-order valence-corrected chi connectivity index (χ0v) is 15.3. The highest BCUT2D eigenvalue weighted by atomic mass is 16.2. The maximum absolute atomic E-state index is 12.6. The Hall–Kier alpha value is -2.89. The summed E-state index contributed by atoms with van der Waals surface area (Å²) in [5.41, 5.74) is 7.16. The van der Waals surface area contributed by atoms with Crippen molar-refractivity contribution in [3.05, 3.63) is 54.2 Å². The Morgan fingerprint density at radius 2 is 1.92 bits per heavy atom. The van der Waals surface area contributed by atoms with E-state index in [0.29, 0.717) is 6.42 Å². The van der Waals surface area contributed by atoms with E-state index in [2.05, 4.69) is 5.32 Å². The van der Waals surface area contributed by atoms with Gasteiger partial charge in [-0.15, -0.1) is 0 Å². The number of nitrogens with one attached hydrogen (secondary N) is 1. The minimum atomic E-state index is -0.814. The summed E-state index contributed by atoms with van der Waals surface area (Å²) in [6.07, 6.45) is 5.71. The lowest BCUT2D eigenvalue weighted by Crippen LogP contribution is -2.48. The third-order valence-corrected chi connectivity index (χ3v) is 4.66. The summed E-state index contributed by atoms with van der Waals surface area (Å²) in [6, 6.07) is 8.80. The van der Waals surface area contributed by atoms with Gasteiger partial charge < -0.3 is 16.0 Å². The van der Waals surface area contributed by atoms with Crippen molar-refractivity contribution in [1.82, 2.24) is 10.2 Å². The van der Waals surface area contributed by atoms with Gasteiger partial charge >= 0.3 is 0 Å². The molecule has 1 aromatic carbocycles. The first kappa shape index (κ1) is 19.4. The summed E-state index contributed by atoms with van der Waals surface area (Å²) in [7, 11) is 1.64. The van der Waals surface area contributed by atoms with Gasteiger partial charge in [-0.25, -0.2) is 0 Å². The minimum Gasteiger partial charge on any atom is -0.369 e. The van der Waals surface area contributed by atoms with Crippen LogP contribution in [-0.2, 0) is 14.4 Å². The van der Waals surface area contributed by atoms with Crippen LogP contribution in [0.4, 0.5) is 0 Å². The quantitative estimate of drug-likeness (QED) is 0.813. The third kappa shape index (κ3) is 4.39.